The van der Waals surface area contributed by atoms with Crippen molar-refractivity contribution in [3.05, 3.63) is 56.7 Å². The first-order chi connectivity index (χ1) is 13.3. The summed E-state index contributed by atoms with van der Waals surface area (Å²) < 4.78 is 1.32. The number of nitrogens with zero attached hydrogens (tertiary/aromatic N) is 2. The van der Waals surface area contributed by atoms with Crippen LogP contribution in [0.4, 0.5) is 11.5 Å². The Kier molecular flexibility index (Phi) is 5.72. The molecule has 7 nitrogen and oxygen atoms in total. The molecule has 0 bridgehead atoms. The van der Waals surface area contributed by atoms with Crippen molar-refractivity contribution in [2.75, 3.05) is 17.2 Å². The molecule has 150 valence electrons. The molecule has 0 spiro atoms. The van der Waals surface area contributed by atoms with E-state index in [4.69, 9.17) is 5.73 Å². The number of H-pyrrole nitrogens is 1. The Morgan fingerprint density at radius 2 is 1.93 bits per heavy atom. The SMILES string of the molecule is CC(C)CCN(C(=O)[C@H]1C[C@H]1C)c1c(N)n(Cc2ccccc2)c(=O)[nH]c1=O. The van der Waals surface area contributed by atoms with Crippen molar-refractivity contribution in [3.8, 4) is 0 Å². The molecule has 28 heavy (non-hydrogen) atoms. The Morgan fingerprint density at radius 1 is 1.29 bits per heavy atom. The summed E-state index contributed by atoms with van der Waals surface area (Å²) in [7, 11) is 0. The fraction of sp³-hybridized carbons (Fsp3) is 0.476. The van der Waals surface area contributed by atoms with E-state index in [0.29, 0.717) is 18.4 Å². The molecule has 2 atom stereocenters. The quantitative estimate of drug-likeness (QED) is 0.764. The van der Waals surface area contributed by atoms with Gasteiger partial charge in [0.05, 0.1) is 6.54 Å². The number of anilines is 2. The molecular weight excluding hydrogens is 356 g/mol. The third kappa shape index (κ3) is 4.18. The van der Waals surface area contributed by atoms with Gasteiger partial charge in [0, 0.05) is 12.5 Å². The molecule has 7 heteroatoms. The summed E-state index contributed by atoms with van der Waals surface area (Å²) in [5, 5.41) is 0. The topological polar surface area (TPSA) is 101 Å². The van der Waals surface area contributed by atoms with Gasteiger partial charge in [-0.25, -0.2) is 4.79 Å². The van der Waals surface area contributed by atoms with Crippen molar-refractivity contribution in [2.24, 2.45) is 17.8 Å². The van der Waals surface area contributed by atoms with Gasteiger partial charge in [-0.1, -0.05) is 51.1 Å². The lowest BCUT2D eigenvalue weighted by Crippen LogP contribution is -2.42. The summed E-state index contributed by atoms with van der Waals surface area (Å²) >= 11 is 0. The van der Waals surface area contributed by atoms with Crippen LogP contribution in [0.2, 0.25) is 0 Å². The number of nitrogen functional groups attached to an aromatic ring is 1. The second-order valence-electron chi connectivity index (χ2n) is 8.06. The van der Waals surface area contributed by atoms with Crippen LogP contribution < -0.4 is 21.9 Å². The van der Waals surface area contributed by atoms with E-state index in [2.05, 4.69) is 18.8 Å². The van der Waals surface area contributed by atoms with Crippen molar-refractivity contribution in [1.82, 2.24) is 9.55 Å². The fourth-order valence-corrected chi connectivity index (χ4v) is 3.35. The number of amides is 1. The van der Waals surface area contributed by atoms with Gasteiger partial charge in [-0.3, -0.25) is 19.1 Å². The van der Waals surface area contributed by atoms with Gasteiger partial charge in [-0.15, -0.1) is 0 Å². The van der Waals surface area contributed by atoms with E-state index < -0.39 is 11.2 Å². The van der Waals surface area contributed by atoms with Crippen LogP contribution in [0.1, 0.15) is 39.2 Å². The molecule has 0 radical (unpaired) electrons. The van der Waals surface area contributed by atoms with Crippen LogP contribution >= 0.6 is 0 Å². The number of rotatable bonds is 7. The monoisotopic (exact) mass is 384 g/mol. The highest BCUT2D eigenvalue weighted by Gasteiger charge is 2.42. The van der Waals surface area contributed by atoms with Crippen LogP contribution in [0.3, 0.4) is 0 Å². The van der Waals surface area contributed by atoms with Gasteiger partial charge < -0.3 is 10.6 Å². The number of carbonyl (C=O) groups is 1. The number of aromatic nitrogens is 2. The minimum absolute atomic E-state index is 0.0306. The second-order valence-corrected chi connectivity index (χ2v) is 8.06. The minimum atomic E-state index is -0.614. The van der Waals surface area contributed by atoms with Gasteiger partial charge in [0.1, 0.15) is 5.82 Å². The minimum Gasteiger partial charge on any atom is -0.383 e. The van der Waals surface area contributed by atoms with Crippen molar-refractivity contribution in [2.45, 2.75) is 40.2 Å². The van der Waals surface area contributed by atoms with Gasteiger partial charge in [0.25, 0.3) is 5.56 Å². The maximum absolute atomic E-state index is 13.0. The normalized spacial score (nSPS) is 18.3. The van der Waals surface area contributed by atoms with Crippen LogP contribution in [0.5, 0.6) is 0 Å². The molecule has 1 aromatic carbocycles. The van der Waals surface area contributed by atoms with E-state index in [1.165, 1.54) is 9.47 Å². The van der Waals surface area contributed by atoms with E-state index in [1.807, 2.05) is 37.3 Å². The lowest BCUT2D eigenvalue weighted by Gasteiger charge is -2.25. The molecule has 3 rings (SSSR count). The summed E-state index contributed by atoms with van der Waals surface area (Å²) in [6.45, 7) is 6.77. The van der Waals surface area contributed by atoms with Crippen LogP contribution in [0, 0.1) is 17.8 Å². The van der Waals surface area contributed by atoms with Crippen molar-refractivity contribution in [1.29, 1.82) is 0 Å². The van der Waals surface area contributed by atoms with E-state index in [9.17, 15) is 14.4 Å². The average Bonchev–Trinajstić information content (AvgIpc) is 3.38. The number of nitrogens with one attached hydrogen (secondary N) is 1. The lowest BCUT2D eigenvalue weighted by molar-refractivity contribution is -0.120. The molecule has 0 aliphatic heterocycles. The van der Waals surface area contributed by atoms with Gasteiger partial charge in [-0.05, 0) is 30.2 Å². The highest BCUT2D eigenvalue weighted by atomic mass is 16.2. The number of hydrogen-bond acceptors (Lipinski definition) is 4. The predicted molar refractivity (Wildman–Crippen MR) is 110 cm³/mol. The van der Waals surface area contributed by atoms with Crippen molar-refractivity contribution in [3.63, 3.8) is 0 Å². The zero-order valence-corrected chi connectivity index (χ0v) is 16.6. The number of carbonyl (C=O) groups excluding carboxylic acids is 1. The van der Waals surface area contributed by atoms with Crippen LogP contribution in [-0.2, 0) is 11.3 Å². The van der Waals surface area contributed by atoms with Crippen LogP contribution in [0.15, 0.2) is 39.9 Å². The lowest BCUT2D eigenvalue weighted by atomic mass is 10.1. The summed E-state index contributed by atoms with van der Waals surface area (Å²) in [5.74, 6) is 0.533. The summed E-state index contributed by atoms with van der Waals surface area (Å²) in [6.07, 6.45) is 1.56. The van der Waals surface area contributed by atoms with Crippen molar-refractivity contribution >= 4 is 17.4 Å². The second kappa shape index (κ2) is 8.04. The van der Waals surface area contributed by atoms with Gasteiger partial charge in [-0.2, -0.15) is 0 Å². The van der Waals surface area contributed by atoms with Gasteiger partial charge >= 0.3 is 5.69 Å². The molecule has 0 unspecified atom stereocenters. The fourth-order valence-electron chi connectivity index (χ4n) is 3.35. The zero-order valence-electron chi connectivity index (χ0n) is 16.6. The maximum Gasteiger partial charge on any atom is 0.330 e. The Bertz CT molecular complexity index is 962. The van der Waals surface area contributed by atoms with E-state index in [1.54, 1.807) is 0 Å². The van der Waals surface area contributed by atoms with Crippen LogP contribution in [0.25, 0.3) is 0 Å². The van der Waals surface area contributed by atoms with E-state index in [0.717, 1.165) is 18.4 Å². The third-order valence-corrected chi connectivity index (χ3v) is 5.29. The first-order valence-electron chi connectivity index (χ1n) is 9.77. The first-order valence-corrected chi connectivity index (χ1v) is 9.77. The third-order valence-electron chi connectivity index (χ3n) is 5.29. The number of nitrogens with two attached hydrogens (primary N) is 1. The standard InChI is InChI=1S/C21H28N4O3/c1-13(2)9-10-24(20(27)16-11-14(16)3)17-18(22)25(21(28)23-19(17)26)12-15-7-5-4-6-8-15/h4-8,13-14,16H,9-12,22H2,1-3H3,(H,23,26,28)/t14-,16+/m1/s1. The molecule has 1 aromatic heterocycles. The van der Waals surface area contributed by atoms with Crippen LogP contribution in [-0.4, -0.2) is 22.0 Å². The molecule has 1 fully saturated rings. The number of aromatic amines is 1. The highest BCUT2D eigenvalue weighted by Crippen LogP contribution is 2.40. The molecule has 0 saturated heterocycles. The average molecular weight is 384 g/mol. The van der Waals surface area contributed by atoms with E-state index in [-0.39, 0.29) is 29.9 Å². The predicted octanol–water partition coefficient (Wildman–Crippen LogP) is 2.20. The Hall–Kier alpha value is -2.83. The molecule has 3 N–H and O–H groups in total. The number of hydrogen-bond donors (Lipinski definition) is 2. The molecule has 1 saturated carbocycles. The summed E-state index contributed by atoms with van der Waals surface area (Å²) in [5.41, 5.74) is 6.05. The molecule has 1 heterocycles. The largest absolute Gasteiger partial charge is 0.383 e. The molecule has 2 aromatic rings. The maximum atomic E-state index is 13.0. The Morgan fingerprint density at radius 3 is 2.50 bits per heavy atom. The summed E-state index contributed by atoms with van der Waals surface area (Å²) in [6, 6.07) is 9.39. The van der Waals surface area contributed by atoms with Crippen molar-refractivity contribution < 1.29 is 4.79 Å². The molecule has 1 aliphatic rings. The number of benzene rings is 1. The van der Waals surface area contributed by atoms with Gasteiger partial charge in [0.15, 0.2) is 5.69 Å². The molecular formula is C21H28N4O3. The Labute approximate surface area is 164 Å². The highest BCUT2D eigenvalue weighted by molar-refractivity contribution is 5.98. The zero-order chi connectivity index (χ0) is 20.4. The van der Waals surface area contributed by atoms with E-state index >= 15 is 0 Å². The summed E-state index contributed by atoms with van der Waals surface area (Å²) in [4.78, 5) is 41.9. The smallest absolute Gasteiger partial charge is 0.330 e. The first kappa shape index (κ1) is 19.9. The molecule has 1 amide bonds. The molecule has 1 aliphatic carbocycles. The Balaban J connectivity index is 2.03. The van der Waals surface area contributed by atoms with Gasteiger partial charge in [0.2, 0.25) is 5.91 Å².